The van der Waals surface area contributed by atoms with Gasteiger partial charge >= 0.3 is 6.36 Å². The van der Waals surface area contributed by atoms with Crippen molar-refractivity contribution in [2.24, 2.45) is 0 Å². The molecule has 0 aliphatic carbocycles. The van der Waals surface area contributed by atoms with Crippen LogP contribution in [0.3, 0.4) is 0 Å². The molecule has 21 heavy (non-hydrogen) atoms. The summed E-state index contributed by atoms with van der Waals surface area (Å²) in [5.74, 6) is -0.963. The molecule has 0 amide bonds. The Balaban J connectivity index is 2.57. The summed E-state index contributed by atoms with van der Waals surface area (Å²) < 4.78 is 54.0. The molecule has 0 aliphatic heterocycles. The number of benzene rings is 2. The van der Waals surface area contributed by atoms with E-state index in [9.17, 15) is 17.6 Å². The van der Waals surface area contributed by atoms with E-state index in [4.69, 9.17) is 11.6 Å². The highest BCUT2D eigenvalue weighted by Crippen LogP contribution is 2.35. The van der Waals surface area contributed by atoms with Crippen LogP contribution in [-0.4, -0.2) is 6.36 Å². The molecular formula is C15H9ClF4O. The molecule has 0 fully saturated rings. The smallest absolute Gasteiger partial charge is 0.406 e. The van der Waals surface area contributed by atoms with E-state index in [-0.39, 0.29) is 10.6 Å². The van der Waals surface area contributed by atoms with Crippen LogP contribution in [0.2, 0.25) is 5.02 Å². The average molecular weight is 317 g/mol. The molecule has 0 N–H and O–H groups in total. The maximum atomic E-state index is 13.3. The van der Waals surface area contributed by atoms with E-state index in [2.05, 4.69) is 11.3 Å². The quantitative estimate of drug-likeness (QED) is 0.661. The number of ether oxygens (including phenoxy) is 1. The van der Waals surface area contributed by atoms with E-state index in [1.807, 2.05) is 0 Å². The predicted octanol–water partition coefficient (Wildman–Crippen LogP) is 5.69. The van der Waals surface area contributed by atoms with Crippen molar-refractivity contribution in [2.45, 2.75) is 6.36 Å². The molecule has 0 bridgehead atoms. The molecule has 2 rings (SSSR count). The molecule has 2 aromatic carbocycles. The van der Waals surface area contributed by atoms with Gasteiger partial charge < -0.3 is 4.74 Å². The summed E-state index contributed by atoms with van der Waals surface area (Å²) in [4.78, 5) is 0. The van der Waals surface area contributed by atoms with Crippen LogP contribution in [0.25, 0.3) is 17.2 Å². The first kappa shape index (κ1) is 15.4. The second kappa shape index (κ2) is 5.77. The molecule has 0 saturated carbocycles. The van der Waals surface area contributed by atoms with Crippen molar-refractivity contribution >= 4 is 17.7 Å². The molecule has 110 valence electrons. The Hall–Kier alpha value is -2.01. The predicted molar refractivity (Wildman–Crippen MR) is 73.6 cm³/mol. The highest BCUT2D eigenvalue weighted by Gasteiger charge is 2.31. The van der Waals surface area contributed by atoms with Crippen molar-refractivity contribution in [3.8, 4) is 16.9 Å². The molecule has 6 heteroatoms. The normalized spacial score (nSPS) is 11.3. The van der Waals surface area contributed by atoms with Gasteiger partial charge in [0.05, 0.1) is 0 Å². The van der Waals surface area contributed by atoms with Gasteiger partial charge in [-0.05, 0) is 41.5 Å². The van der Waals surface area contributed by atoms with Gasteiger partial charge in [0, 0.05) is 10.6 Å². The Morgan fingerprint density at radius 2 is 1.76 bits per heavy atom. The minimum atomic E-state index is -4.81. The highest BCUT2D eigenvalue weighted by molar-refractivity contribution is 6.33. The molecule has 0 spiro atoms. The van der Waals surface area contributed by atoms with Crippen LogP contribution in [0.15, 0.2) is 43.0 Å². The van der Waals surface area contributed by atoms with Crippen LogP contribution < -0.4 is 4.74 Å². The number of halogens is 5. The lowest BCUT2D eigenvalue weighted by Crippen LogP contribution is -2.17. The average Bonchev–Trinajstić information content (AvgIpc) is 2.39. The zero-order chi connectivity index (χ0) is 15.6. The fourth-order valence-electron chi connectivity index (χ4n) is 1.85. The zero-order valence-electron chi connectivity index (χ0n) is 10.5. The number of rotatable bonds is 3. The number of hydrogen-bond acceptors (Lipinski definition) is 1. The zero-order valence-corrected chi connectivity index (χ0v) is 11.3. The first-order valence-corrected chi connectivity index (χ1v) is 6.15. The van der Waals surface area contributed by atoms with Gasteiger partial charge in [-0.25, -0.2) is 4.39 Å². The summed E-state index contributed by atoms with van der Waals surface area (Å²) >= 11 is 5.98. The maximum absolute atomic E-state index is 13.3. The summed E-state index contributed by atoms with van der Waals surface area (Å²) in [5, 5.41) is 0.212. The standard InChI is InChI=1S/C15H9ClF4O/c1-2-9-3-5-11(21-15(18,19)20)8-12(9)13-7-10(17)4-6-14(13)16/h2-8H,1H2. The van der Waals surface area contributed by atoms with Gasteiger partial charge in [-0.1, -0.05) is 30.3 Å². The van der Waals surface area contributed by atoms with Crippen LogP contribution in [0.4, 0.5) is 17.6 Å². The Labute approximate surface area is 123 Å². The molecule has 0 aromatic heterocycles. The summed E-state index contributed by atoms with van der Waals surface area (Å²) in [6, 6.07) is 7.32. The highest BCUT2D eigenvalue weighted by atomic mass is 35.5. The van der Waals surface area contributed by atoms with E-state index < -0.39 is 17.9 Å². The van der Waals surface area contributed by atoms with E-state index in [0.717, 1.165) is 24.3 Å². The van der Waals surface area contributed by atoms with Crippen LogP contribution >= 0.6 is 11.6 Å². The van der Waals surface area contributed by atoms with E-state index in [0.29, 0.717) is 11.1 Å². The minimum Gasteiger partial charge on any atom is -0.406 e. The lowest BCUT2D eigenvalue weighted by Gasteiger charge is -2.13. The molecule has 1 nitrogen and oxygen atoms in total. The third-order valence-corrected chi connectivity index (χ3v) is 3.03. The van der Waals surface area contributed by atoms with Crippen molar-refractivity contribution < 1.29 is 22.3 Å². The summed E-state index contributed by atoms with van der Waals surface area (Å²) in [5.41, 5.74) is 1.08. The van der Waals surface area contributed by atoms with Crippen LogP contribution in [0, 0.1) is 5.82 Å². The molecule has 0 aliphatic rings. The Kier molecular flexibility index (Phi) is 4.23. The topological polar surface area (TPSA) is 9.23 Å². The van der Waals surface area contributed by atoms with Crippen molar-refractivity contribution in [2.75, 3.05) is 0 Å². The fourth-order valence-corrected chi connectivity index (χ4v) is 2.07. The van der Waals surface area contributed by atoms with Gasteiger partial charge in [0.1, 0.15) is 11.6 Å². The Morgan fingerprint density at radius 3 is 2.38 bits per heavy atom. The number of alkyl halides is 3. The number of hydrogen-bond donors (Lipinski definition) is 0. The van der Waals surface area contributed by atoms with Crippen molar-refractivity contribution in [3.05, 3.63) is 59.4 Å². The molecule has 0 heterocycles. The van der Waals surface area contributed by atoms with Gasteiger partial charge in [-0.15, -0.1) is 13.2 Å². The lowest BCUT2D eigenvalue weighted by molar-refractivity contribution is -0.274. The van der Waals surface area contributed by atoms with Gasteiger partial charge in [0.15, 0.2) is 0 Å². The van der Waals surface area contributed by atoms with Crippen LogP contribution in [0.5, 0.6) is 5.75 Å². The second-order valence-corrected chi connectivity index (χ2v) is 4.53. The largest absolute Gasteiger partial charge is 0.573 e. The second-order valence-electron chi connectivity index (χ2n) is 4.13. The summed E-state index contributed by atoms with van der Waals surface area (Å²) in [7, 11) is 0. The van der Waals surface area contributed by atoms with Gasteiger partial charge in [-0.3, -0.25) is 0 Å². The van der Waals surface area contributed by atoms with Crippen LogP contribution in [-0.2, 0) is 0 Å². The van der Waals surface area contributed by atoms with Crippen molar-refractivity contribution in [3.63, 3.8) is 0 Å². The summed E-state index contributed by atoms with van der Waals surface area (Å²) in [6.07, 6.45) is -3.37. The molecule has 0 atom stereocenters. The fraction of sp³-hybridized carbons (Fsp3) is 0.0667. The Bertz CT molecular complexity index is 680. The molecule has 0 radical (unpaired) electrons. The van der Waals surface area contributed by atoms with Gasteiger partial charge in [-0.2, -0.15) is 0 Å². The van der Waals surface area contributed by atoms with E-state index >= 15 is 0 Å². The lowest BCUT2D eigenvalue weighted by atomic mass is 9.99. The molecule has 0 unspecified atom stereocenters. The molecule has 0 saturated heterocycles. The molecule has 2 aromatic rings. The third-order valence-electron chi connectivity index (χ3n) is 2.70. The SMILES string of the molecule is C=Cc1ccc(OC(F)(F)F)cc1-c1cc(F)ccc1Cl. The van der Waals surface area contributed by atoms with Gasteiger partial charge in [0.25, 0.3) is 0 Å². The Morgan fingerprint density at radius 1 is 1.05 bits per heavy atom. The first-order chi connectivity index (χ1) is 9.80. The monoisotopic (exact) mass is 316 g/mol. The summed E-state index contributed by atoms with van der Waals surface area (Å²) in [6.45, 7) is 3.57. The van der Waals surface area contributed by atoms with E-state index in [1.54, 1.807) is 0 Å². The van der Waals surface area contributed by atoms with E-state index in [1.165, 1.54) is 18.2 Å². The maximum Gasteiger partial charge on any atom is 0.573 e. The van der Waals surface area contributed by atoms with Crippen LogP contribution in [0.1, 0.15) is 5.56 Å². The van der Waals surface area contributed by atoms with Gasteiger partial charge in [0.2, 0.25) is 0 Å². The third kappa shape index (κ3) is 3.76. The first-order valence-electron chi connectivity index (χ1n) is 5.78. The van der Waals surface area contributed by atoms with Crippen molar-refractivity contribution in [1.29, 1.82) is 0 Å². The molecular weight excluding hydrogens is 308 g/mol. The minimum absolute atomic E-state index is 0.212. The van der Waals surface area contributed by atoms with Crippen molar-refractivity contribution in [1.82, 2.24) is 0 Å².